The van der Waals surface area contributed by atoms with E-state index in [4.69, 9.17) is 4.74 Å². The van der Waals surface area contributed by atoms with Crippen LogP contribution in [-0.4, -0.2) is 23.7 Å². The van der Waals surface area contributed by atoms with E-state index < -0.39 is 0 Å². The van der Waals surface area contributed by atoms with Crippen LogP contribution in [0.2, 0.25) is 0 Å². The Hall–Kier alpha value is -1.09. The van der Waals surface area contributed by atoms with Crippen LogP contribution in [0.1, 0.15) is 18.5 Å². The smallest absolute Gasteiger partial charge is 0.140 e. The standard InChI is InChI=1S/C12H16N2O/c1-8-12(3-2-4-13-8)15-7-10-5-9-6-11(9)14-10/h2-4,9-11,14H,5-7H2,1H3/t9-,10-,11+/m0/s1. The molecule has 1 aliphatic heterocycles. The average molecular weight is 204 g/mol. The molecule has 0 bridgehead atoms. The summed E-state index contributed by atoms with van der Waals surface area (Å²) in [6, 6.07) is 5.25. The largest absolute Gasteiger partial charge is 0.490 e. The fourth-order valence-electron chi connectivity index (χ4n) is 2.38. The molecule has 0 unspecified atom stereocenters. The number of rotatable bonds is 3. The molecule has 2 fully saturated rings. The molecule has 0 aromatic carbocycles. The molecule has 3 rings (SSSR count). The van der Waals surface area contributed by atoms with Crippen LogP contribution < -0.4 is 10.1 Å². The summed E-state index contributed by atoms with van der Waals surface area (Å²) in [4.78, 5) is 4.20. The predicted octanol–water partition coefficient (Wildman–Crippen LogP) is 1.52. The van der Waals surface area contributed by atoms with Crippen molar-refractivity contribution in [1.29, 1.82) is 0 Å². The minimum absolute atomic E-state index is 0.549. The van der Waals surface area contributed by atoms with Crippen LogP contribution in [-0.2, 0) is 0 Å². The van der Waals surface area contributed by atoms with E-state index in [1.54, 1.807) is 6.20 Å². The molecule has 1 N–H and O–H groups in total. The lowest BCUT2D eigenvalue weighted by Crippen LogP contribution is -2.31. The monoisotopic (exact) mass is 204 g/mol. The van der Waals surface area contributed by atoms with Crippen LogP contribution in [0.3, 0.4) is 0 Å². The molecule has 15 heavy (non-hydrogen) atoms. The normalized spacial score (nSPS) is 32.5. The number of hydrogen-bond donors (Lipinski definition) is 1. The van der Waals surface area contributed by atoms with Crippen LogP contribution in [0.25, 0.3) is 0 Å². The molecule has 1 saturated heterocycles. The first-order chi connectivity index (χ1) is 7.33. The fraction of sp³-hybridized carbons (Fsp3) is 0.583. The van der Waals surface area contributed by atoms with Gasteiger partial charge >= 0.3 is 0 Å². The first kappa shape index (κ1) is 9.16. The molecule has 0 amide bonds. The lowest BCUT2D eigenvalue weighted by atomic mass is 10.2. The van der Waals surface area contributed by atoms with E-state index in [-0.39, 0.29) is 0 Å². The van der Waals surface area contributed by atoms with Gasteiger partial charge in [-0.3, -0.25) is 4.98 Å². The number of pyridine rings is 1. The van der Waals surface area contributed by atoms with Crippen LogP contribution in [0.15, 0.2) is 18.3 Å². The highest BCUT2D eigenvalue weighted by molar-refractivity contribution is 5.25. The number of fused-ring (bicyclic) bond motifs is 1. The van der Waals surface area contributed by atoms with Gasteiger partial charge in [0.05, 0.1) is 5.69 Å². The summed E-state index contributed by atoms with van der Waals surface area (Å²) >= 11 is 0. The summed E-state index contributed by atoms with van der Waals surface area (Å²) in [5.74, 6) is 1.86. The molecule has 2 heterocycles. The Labute approximate surface area is 89.9 Å². The van der Waals surface area contributed by atoms with Gasteiger partial charge in [-0.2, -0.15) is 0 Å². The lowest BCUT2D eigenvalue weighted by Gasteiger charge is -2.15. The summed E-state index contributed by atoms with van der Waals surface area (Å²) in [5, 5.41) is 3.57. The number of nitrogens with one attached hydrogen (secondary N) is 1. The van der Waals surface area contributed by atoms with E-state index in [0.29, 0.717) is 6.04 Å². The Morgan fingerprint density at radius 2 is 2.47 bits per heavy atom. The van der Waals surface area contributed by atoms with Crippen LogP contribution in [0.5, 0.6) is 5.75 Å². The van der Waals surface area contributed by atoms with E-state index in [1.165, 1.54) is 12.8 Å². The van der Waals surface area contributed by atoms with Gasteiger partial charge in [-0.25, -0.2) is 0 Å². The molecule has 1 saturated carbocycles. The number of hydrogen-bond acceptors (Lipinski definition) is 3. The van der Waals surface area contributed by atoms with E-state index in [1.807, 2.05) is 19.1 Å². The van der Waals surface area contributed by atoms with Crippen molar-refractivity contribution < 1.29 is 4.74 Å². The maximum atomic E-state index is 5.76. The third-order valence-corrected chi connectivity index (χ3v) is 3.36. The number of aromatic nitrogens is 1. The fourth-order valence-corrected chi connectivity index (χ4v) is 2.38. The van der Waals surface area contributed by atoms with Crippen molar-refractivity contribution in [1.82, 2.24) is 10.3 Å². The maximum Gasteiger partial charge on any atom is 0.140 e. The summed E-state index contributed by atoms with van der Waals surface area (Å²) in [5.41, 5.74) is 0.973. The molecule has 0 radical (unpaired) electrons. The van der Waals surface area contributed by atoms with Crippen molar-refractivity contribution in [3.8, 4) is 5.75 Å². The van der Waals surface area contributed by atoms with Gasteiger partial charge < -0.3 is 10.1 Å². The topological polar surface area (TPSA) is 34.1 Å². The summed E-state index contributed by atoms with van der Waals surface area (Å²) in [6.07, 6.45) is 4.46. The molecule has 1 aromatic heterocycles. The molecular formula is C12H16N2O. The van der Waals surface area contributed by atoms with Gasteiger partial charge in [-0.15, -0.1) is 0 Å². The zero-order valence-electron chi connectivity index (χ0n) is 8.94. The first-order valence-electron chi connectivity index (χ1n) is 5.63. The van der Waals surface area contributed by atoms with Gasteiger partial charge in [0, 0.05) is 18.3 Å². The highest BCUT2D eigenvalue weighted by atomic mass is 16.5. The number of ether oxygens (including phenoxy) is 1. The van der Waals surface area contributed by atoms with Gasteiger partial charge in [0.1, 0.15) is 12.4 Å². The predicted molar refractivity (Wildman–Crippen MR) is 57.9 cm³/mol. The Balaban J connectivity index is 1.55. The Morgan fingerprint density at radius 3 is 3.20 bits per heavy atom. The second-order valence-electron chi connectivity index (χ2n) is 4.60. The van der Waals surface area contributed by atoms with Crippen LogP contribution >= 0.6 is 0 Å². The first-order valence-corrected chi connectivity index (χ1v) is 5.63. The van der Waals surface area contributed by atoms with Gasteiger partial charge in [-0.05, 0) is 37.8 Å². The number of piperidine rings is 1. The third-order valence-electron chi connectivity index (χ3n) is 3.36. The Morgan fingerprint density at radius 1 is 1.53 bits per heavy atom. The second-order valence-corrected chi connectivity index (χ2v) is 4.60. The SMILES string of the molecule is Cc1ncccc1OC[C@@H]1C[C@H]2C[C@H]2N1. The van der Waals surface area contributed by atoms with Crippen molar-refractivity contribution in [3.63, 3.8) is 0 Å². The van der Waals surface area contributed by atoms with Crippen molar-refractivity contribution in [2.45, 2.75) is 31.8 Å². The third kappa shape index (κ3) is 1.84. The summed E-state index contributed by atoms with van der Waals surface area (Å²) in [7, 11) is 0. The average Bonchev–Trinajstić information content (AvgIpc) is 2.85. The van der Waals surface area contributed by atoms with Crippen molar-refractivity contribution in [2.75, 3.05) is 6.61 Å². The van der Waals surface area contributed by atoms with Crippen LogP contribution in [0, 0.1) is 12.8 Å². The number of aryl methyl sites for hydroxylation is 1. The van der Waals surface area contributed by atoms with E-state index >= 15 is 0 Å². The van der Waals surface area contributed by atoms with Gasteiger partial charge in [0.2, 0.25) is 0 Å². The molecule has 1 aromatic rings. The van der Waals surface area contributed by atoms with Crippen molar-refractivity contribution >= 4 is 0 Å². The highest BCUT2D eigenvalue weighted by Crippen LogP contribution is 2.40. The molecular weight excluding hydrogens is 188 g/mol. The maximum absolute atomic E-state index is 5.76. The Kier molecular flexibility index (Phi) is 2.13. The van der Waals surface area contributed by atoms with Crippen molar-refractivity contribution in [3.05, 3.63) is 24.0 Å². The zero-order valence-corrected chi connectivity index (χ0v) is 8.94. The molecule has 80 valence electrons. The molecule has 3 atom stereocenters. The summed E-state index contributed by atoms with van der Waals surface area (Å²) in [6.45, 7) is 2.76. The second kappa shape index (κ2) is 3.49. The molecule has 1 aliphatic carbocycles. The van der Waals surface area contributed by atoms with Gasteiger partial charge in [-0.1, -0.05) is 0 Å². The minimum atomic E-state index is 0.549. The van der Waals surface area contributed by atoms with Gasteiger partial charge in [0.25, 0.3) is 0 Å². The minimum Gasteiger partial charge on any atom is -0.490 e. The Bertz CT molecular complexity index is 356. The molecule has 3 heteroatoms. The van der Waals surface area contributed by atoms with E-state index in [0.717, 1.165) is 30.0 Å². The van der Waals surface area contributed by atoms with Crippen LogP contribution in [0.4, 0.5) is 0 Å². The quantitative estimate of drug-likeness (QED) is 0.810. The highest BCUT2D eigenvalue weighted by Gasteiger charge is 2.45. The van der Waals surface area contributed by atoms with E-state index in [2.05, 4.69) is 10.3 Å². The zero-order chi connectivity index (χ0) is 10.3. The summed E-state index contributed by atoms with van der Waals surface area (Å²) < 4.78 is 5.76. The molecule has 2 aliphatic rings. The van der Waals surface area contributed by atoms with Gasteiger partial charge in [0.15, 0.2) is 0 Å². The lowest BCUT2D eigenvalue weighted by molar-refractivity contribution is 0.265. The molecule has 0 spiro atoms. The molecule has 3 nitrogen and oxygen atoms in total. The van der Waals surface area contributed by atoms with E-state index in [9.17, 15) is 0 Å². The van der Waals surface area contributed by atoms with Crippen molar-refractivity contribution in [2.24, 2.45) is 5.92 Å². The number of nitrogens with zero attached hydrogens (tertiary/aromatic N) is 1.